The highest BCUT2D eigenvalue weighted by atomic mass is 16.5. The average molecular weight is 367 g/mol. The van der Waals surface area contributed by atoms with E-state index in [1.54, 1.807) is 0 Å². The highest BCUT2D eigenvalue weighted by molar-refractivity contribution is 5.98. The molecular weight excluding hydrogens is 338 g/mol. The molecule has 1 unspecified atom stereocenters. The van der Waals surface area contributed by atoms with Gasteiger partial charge in [0.1, 0.15) is 5.69 Å². The molecule has 3 aliphatic rings. The molecule has 2 aliphatic heterocycles. The van der Waals surface area contributed by atoms with Gasteiger partial charge >= 0.3 is 0 Å². The molecule has 1 aromatic carbocycles. The van der Waals surface area contributed by atoms with Gasteiger partial charge in [0.15, 0.2) is 0 Å². The van der Waals surface area contributed by atoms with Crippen molar-refractivity contribution in [3.63, 3.8) is 0 Å². The van der Waals surface area contributed by atoms with Crippen LogP contribution in [0.1, 0.15) is 36.2 Å². The van der Waals surface area contributed by atoms with E-state index in [1.807, 2.05) is 35.2 Å². The Morgan fingerprint density at radius 1 is 1.19 bits per heavy atom. The molecule has 5 heteroatoms. The van der Waals surface area contributed by atoms with Gasteiger partial charge < -0.3 is 14.6 Å². The van der Waals surface area contributed by atoms with Crippen LogP contribution in [0.15, 0.2) is 30.3 Å². The number of benzene rings is 1. The maximum absolute atomic E-state index is 12.9. The summed E-state index contributed by atoms with van der Waals surface area (Å²) in [6.45, 7) is 4.60. The Hall–Kier alpha value is -1.85. The Morgan fingerprint density at radius 3 is 2.74 bits per heavy atom. The third kappa shape index (κ3) is 3.27. The second-order valence-electron chi connectivity index (χ2n) is 8.92. The number of nitrogens with zero attached hydrogens (tertiary/aromatic N) is 2. The number of H-pyrrole nitrogens is 1. The van der Waals surface area contributed by atoms with Gasteiger partial charge in [-0.2, -0.15) is 0 Å². The summed E-state index contributed by atoms with van der Waals surface area (Å²) < 4.78 is 5.97. The summed E-state index contributed by atoms with van der Waals surface area (Å²) in [5, 5.41) is 1.10. The Labute approximate surface area is 160 Å². The number of likely N-dealkylation sites (N-methyl/N-ethyl adjacent to an activating group) is 1. The maximum Gasteiger partial charge on any atom is 0.270 e. The fraction of sp³-hybridized carbons (Fsp3) is 0.591. The fourth-order valence-electron chi connectivity index (χ4n) is 4.77. The molecule has 1 N–H and O–H groups in total. The van der Waals surface area contributed by atoms with E-state index in [-0.39, 0.29) is 11.4 Å². The summed E-state index contributed by atoms with van der Waals surface area (Å²) >= 11 is 0. The van der Waals surface area contributed by atoms with Crippen molar-refractivity contribution in [2.75, 3.05) is 39.9 Å². The number of para-hydroxylation sites is 1. The van der Waals surface area contributed by atoms with E-state index < -0.39 is 0 Å². The maximum atomic E-state index is 12.9. The van der Waals surface area contributed by atoms with Crippen LogP contribution in [0.5, 0.6) is 0 Å². The molecule has 0 radical (unpaired) electrons. The number of hydrogen-bond acceptors (Lipinski definition) is 3. The molecular formula is C22H29N3O2. The number of hydrogen-bond donors (Lipinski definition) is 1. The number of aromatic amines is 1. The number of nitrogens with one attached hydrogen (secondary N) is 1. The van der Waals surface area contributed by atoms with Crippen molar-refractivity contribution in [1.82, 2.24) is 14.8 Å². The third-order valence-electron chi connectivity index (χ3n) is 6.77. The molecule has 1 aliphatic carbocycles. The Kier molecular flexibility index (Phi) is 4.25. The topological polar surface area (TPSA) is 48.6 Å². The van der Waals surface area contributed by atoms with Crippen molar-refractivity contribution >= 4 is 16.8 Å². The van der Waals surface area contributed by atoms with Gasteiger partial charge in [-0.25, -0.2) is 0 Å². The molecule has 1 amide bonds. The summed E-state index contributed by atoms with van der Waals surface area (Å²) in [4.78, 5) is 20.7. The number of amides is 1. The average Bonchev–Trinajstić information content (AvgIpc) is 3.36. The van der Waals surface area contributed by atoms with Crippen molar-refractivity contribution in [2.45, 2.75) is 31.2 Å². The molecule has 0 bridgehead atoms. The zero-order valence-electron chi connectivity index (χ0n) is 16.1. The summed E-state index contributed by atoms with van der Waals surface area (Å²) in [5.74, 6) is 1.58. The van der Waals surface area contributed by atoms with E-state index in [4.69, 9.17) is 4.74 Å². The Morgan fingerprint density at radius 2 is 1.96 bits per heavy atom. The molecule has 2 aromatic rings. The van der Waals surface area contributed by atoms with Crippen LogP contribution in [0.4, 0.5) is 0 Å². The Bertz CT molecular complexity index is 802. The van der Waals surface area contributed by atoms with Gasteiger partial charge in [-0.3, -0.25) is 9.69 Å². The van der Waals surface area contributed by atoms with E-state index in [1.165, 1.54) is 19.3 Å². The number of carbonyl (C=O) groups is 1. The molecule has 1 spiro atoms. The summed E-state index contributed by atoms with van der Waals surface area (Å²) in [6.07, 6.45) is 5.05. The van der Waals surface area contributed by atoms with Gasteiger partial charge in [0, 0.05) is 37.2 Å². The summed E-state index contributed by atoms with van der Waals surface area (Å²) in [5.41, 5.74) is 1.88. The van der Waals surface area contributed by atoms with Crippen molar-refractivity contribution in [2.24, 2.45) is 11.8 Å². The van der Waals surface area contributed by atoms with Gasteiger partial charge in [-0.1, -0.05) is 18.2 Å². The second-order valence-corrected chi connectivity index (χ2v) is 8.92. The molecule has 1 saturated carbocycles. The SMILES string of the molecule is CN1CCC(COCC2CC2)CC12CN(C(=O)c1cc3ccccc3[nH]1)C2. The number of carbonyl (C=O) groups excluding carboxylic acids is 1. The first-order valence-corrected chi connectivity index (χ1v) is 10.3. The van der Waals surface area contributed by atoms with E-state index >= 15 is 0 Å². The smallest absolute Gasteiger partial charge is 0.270 e. The van der Waals surface area contributed by atoms with Crippen molar-refractivity contribution in [3.05, 3.63) is 36.0 Å². The largest absolute Gasteiger partial charge is 0.381 e. The van der Waals surface area contributed by atoms with Crippen molar-refractivity contribution in [3.8, 4) is 0 Å². The highest BCUT2D eigenvalue weighted by Gasteiger charge is 2.51. The van der Waals surface area contributed by atoms with Crippen molar-refractivity contribution in [1.29, 1.82) is 0 Å². The van der Waals surface area contributed by atoms with Gasteiger partial charge in [0.25, 0.3) is 5.91 Å². The normalized spacial score (nSPS) is 25.1. The standard InChI is InChI=1S/C22H29N3O2/c1-24-9-8-17(13-27-12-16-6-7-16)11-22(24)14-25(15-22)21(26)20-10-18-4-2-3-5-19(18)23-20/h2-5,10,16-17,23H,6-9,11-15H2,1H3. The Balaban J connectivity index is 1.21. The first-order valence-electron chi connectivity index (χ1n) is 10.3. The van der Waals surface area contributed by atoms with E-state index in [2.05, 4.69) is 16.9 Å². The van der Waals surface area contributed by atoms with Crippen LogP contribution in [0.2, 0.25) is 0 Å². The van der Waals surface area contributed by atoms with Gasteiger partial charge in [-0.05, 0) is 63.2 Å². The molecule has 144 valence electrons. The number of aromatic nitrogens is 1. The van der Waals surface area contributed by atoms with Gasteiger partial charge in [0.05, 0.1) is 5.54 Å². The number of fused-ring (bicyclic) bond motifs is 1. The van der Waals surface area contributed by atoms with Crippen LogP contribution < -0.4 is 0 Å². The van der Waals surface area contributed by atoms with E-state index in [9.17, 15) is 4.79 Å². The van der Waals surface area contributed by atoms with Crippen LogP contribution in [-0.4, -0.2) is 66.1 Å². The summed E-state index contributed by atoms with van der Waals surface area (Å²) in [6, 6.07) is 10.0. The molecule has 1 aromatic heterocycles. The van der Waals surface area contributed by atoms with Crippen LogP contribution in [0.3, 0.4) is 0 Å². The predicted octanol–water partition coefficient (Wildman–Crippen LogP) is 3.13. The first kappa shape index (κ1) is 17.3. The molecule has 27 heavy (non-hydrogen) atoms. The predicted molar refractivity (Wildman–Crippen MR) is 106 cm³/mol. The minimum atomic E-state index is 0.123. The second kappa shape index (κ2) is 6.64. The lowest BCUT2D eigenvalue weighted by Gasteiger charge is -2.58. The first-order chi connectivity index (χ1) is 13.1. The molecule has 5 rings (SSSR count). The zero-order valence-corrected chi connectivity index (χ0v) is 16.1. The molecule has 5 nitrogen and oxygen atoms in total. The molecule has 1 atom stereocenters. The summed E-state index contributed by atoms with van der Waals surface area (Å²) in [7, 11) is 2.21. The third-order valence-corrected chi connectivity index (χ3v) is 6.77. The monoisotopic (exact) mass is 367 g/mol. The lowest BCUT2D eigenvalue weighted by molar-refractivity contribution is -0.0762. The van der Waals surface area contributed by atoms with E-state index in [0.29, 0.717) is 11.6 Å². The number of likely N-dealkylation sites (tertiary alicyclic amines) is 2. The van der Waals surface area contributed by atoms with Gasteiger partial charge in [-0.15, -0.1) is 0 Å². The van der Waals surface area contributed by atoms with E-state index in [0.717, 1.165) is 56.1 Å². The van der Waals surface area contributed by atoms with Crippen LogP contribution in [0, 0.1) is 11.8 Å². The van der Waals surface area contributed by atoms with Crippen LogP contribution in [-0.2, 0) is 4.74 Å². The van der Waals surface area contributed by atoms with Gasteiger partial charge in [0.2, 0.25) is 0 Å². The number of piperidine rings is 1. The minimum Gasteiger partial charge on any atom is -0.381 e. The lowest BCUT2D eigenvalue weighted by atomic mass is 9.75. The van der Waals surface area contributed by atoms with Crippen LogP contribution >= 0.6 is 0 Å². The quantitative estimate of drug-likeness (QED) is 0.883. The number of rotatable bonds is 5. The zero-order chi connectivity index (χ0) is 18.4. The molecule has 2 saturated heterocycles. The van der Waals surface area contributed by atoms with Crippen LogP contribution in [0.25, 0.3) is 10.9 Å². The molecule has 3 heterocycles. The minimum absolute atomic E-state index is 0.123. The fourth-order valence-corrected chi connectivity index (χ4v) is 4.77. The lowest BCUT2D eigenvalue weighted by Crippen LogP contribution is -2.72. The number of ether oxygens (including phenoxy) is 1. The molecule has 3 fully saturated rings. The highest BCUT2D eigenvalue weighted by Crippen LogP contribution is 2.39. The van der Waals surface area contributed by atoms with Crippen molar-refractivity contribution < 1.29 is 9.53 Å².